The third-order valence-electron chi connectivity index (χ3n) is 4.78. The van der Waals surface area contributed by atoms with Crippen molar-refractivity contribution in [3.8, 4) is 5.75 Å². The van der Waals surface area contributed by atoms with Gasteiger partial charge in [0.15, 0.2) is 0 Å². The monoisotopic (exact) mass is 377 g/mol. The number of ether oxygens (including phenoxy) is 1. The van der Waals surface area contributed by atoms with Crippen LogP contribution in [0.5, 0.6) is 5.75 Å². The van der Waals surface area contributed by atoms with Crippen LogP contribution in [0.3, 0.4) is 0 Å². The second kappa shape index (κ2) is 7.56. The van der Waals surface area contributed by atoms with Gasteiger partial charge in [-0.15, -0.1) is 0 Å². The number of fused-ring (bicyclic) bond motifs is 1. The highest BCUT2D eigenvalue weighted by atomic mass is 16.6. The predicted octanol–water partition coefficient (Wildman–Crippen LogP) is 2.94. The van der Waals surface area contributed by atoms with E-state index in [4.69, 9.17) is 4.74 Å². The minimum absolute atomic E-state index is 0.0970. The number of carboxylic acids is 1. The van der Waals surface area contributed by atoms with E-state index in [9.17, 15) is 14.7 Å². The van der Waals surface area contributed by atoms with Crippen molar-refractivity contribution in [3.05, 3.63) is 83.9 Å². The number of hydrogen-bond acceptors (Lipinski definition) is 4. The molecule has 3 aromatic rings. The van der Waals surface area contributed by atoms with Crippen LogP contribution in [-0.4, -0.2) is 37.7 Å². The molecule has 4 rings (SSSR count). The zero-order valence-corrected chi connectivity index (χ0v) is 15.1. The van der Waals surface area contributed by atoms with Crippen molar-refractivity contribution in [1.82, 2.24) is 14.5 Å². The molecule has 142 valence electrons. The highest BCUT2D eigenvalue weighted by Gasteiger charge is 2.38. The number of amides is 1. The predicted molar refractivity (Wildman–Crippen MR) is 101 cm³/mol. The Labute approximate surface area is 161 Å². The normalized spacial score (nSPS) is 15.7. The summed E-state index contributed by atoms with van der Waals surface area (Å²) < 4.78 is 7.29. The molecule has 0 radical (unpaired) electrons. The molecule has 2 aromatic carbocycles. The highest BCUT2D eigenvalue weighted by Crippen LogP contribution is 2.25. The Hall–Kier alpha value is -3.61. The Balaban J connectivity index is 1.57. The molecule has 0 spiro atoms. The van der Waals surface area contributed by atoms with Gasteiger partial charge < -0.3 is 14.4 Å². The van der Waals surface area contributed by atoms with E-state index in [0.717, 1.165) is 11.3 Å². The van der Waals surface area contributed by atoms with Crippen LogP contribution < -0.4 is 4.74 Å². The molecule has 1 aliphatic rings. The van der Waals surface area contributed by atoms with Gasteiger partial charge in [-0.05, 0) is 17.7 Å². The van der Waals surface area contributed by atoms with Gasteiger partial charge in [-0.1, -0.05) is 48.5 Å². The van der Waals surface area contributed by atoms with E-state index in [1.54, 1.807) is 30.6 Å². The highest BCUT2D eigenvalue weighted by molar-refractivity contribution is 5.81. The fourth-order valence-corrected chi connectivity index (χ4v) is 3.36. The molecule has 7 nitrogen and oxygen atoms in total. The molecule has 1 amide bonds. The van der Waals surface area contributed by atoms with Gasteiger partial charge in [0, 0.05) is 18.7 Å². The lowest BCUT2D eigenvalue weighted by Gasteiger charge is -2.32. The number of aromatic nitrogens is 2. The number of para-hydroxylation sites is 1. The van der Waals surface area contributed by atoms with Crippen LogP contribution >= 0.6 is 0 Å². The lowest BCUT2D eigenvalue weighted by atomic mass is 10.0. The number of imidazole rings is 1. The molecule has 1 atom stereocenters. The summed E-state index contributed by atoms with van der Waals surface area (Å²) in [6, 6.07) is 17.5. The van der Waals surface area contributed by atoms with Crippen LogP contribution in [0.4, 0.5) is 4.79 Å². The van der Waals surface area contributed by atoms with Crippen molar-refractivity contribution >= 4 is 12.1 Å². The Morgan fingerprint density at radius 3 is 2.43 bits per heavy atom. The summed E-state index contributed by atoms with van der Waals surface area (Å²) in [7, 11) is 0. The molecule has 0 saturated heterocycles. The summed E-state index contributed by atoms with van der Waals surface area (Å²) >= 11 is 0. The first-order chi connectivity index (χ1) is 13.6. The number of aliphatic carboxylic acids is 1. The van der Waals surface area contributed by atoms with Gasteiger partial charge in [-0.3, -0.25) is 4.90 Å². The maximum atomic E-state index is 12.6. The molecule has 28 heavy (non-hydrogen) atoms. The van der Waals surface area contributed by atoms with Crippen LogP contribution in [0.2, 0.25) is 0 Å². The fourth-order valence-electron chi connectivity index (χ4n) is 3.36. The van der Waals surface area contributed by atoms with Crippen molar-refractivity contribution < 1.29 is 19.4 Å². The van der Waals surface area contributed by atoms with Gasteiger partial charge in [-0.25, -0.2) is 14.6 Å². The number of nitrogens with zero attached hydrogens (tertiary/aromatic N) is 3. The second-order valence-corrected chi connectivity index (χ2v) is 6.62. The maximum Gasteiger partial charge on any atom is 0.416 e. The summed E-state index contributed by atoms with van der Waals surface area (Å²) in [5.41, 5.74) is 2.62. The van der Waals surface area contributed by atoms with Crippen LogP contribution in [0.25, 0.3) is 0 Å². The van der Waals surface area contributed by atoms with Gasteiger partial charge in [-0.2, -0.15) is 0 Å². The second-order valence-electron chi connectivity index (χ2n) is 6.62. The zero-order chi connectivity index (χ0) is 19.5. The Kier molecular flexibility index (Phi) is 4.80. The van der Waals surface area contributed by atoms with Crippen molar-refractivity contribution in [2.24, 2.45) is 0 Å². The number of hydrogen-bond donors (Lipinski definition) is 1. The minimum Gasteiger partial charge on any atom is -0.480 e. The van der Waals surface area contributed by atoms with Crippen molar-refractivity contribution in [1.29, 1.82) is 0 Å². The van der Waals surface area contributed by atoms with E-state index in [-0.39, 0.29) is 13.0 Å². The van der Waals surface area contributed by atoms with E-state index in [1.807, 2.05) is 41.0 Å². The van der Waals surface area contributed by atoms with Crippen LogP contribution in [0, 0.1) is 0 Å². The zero-order valence-electron chi connectivity index (χ0n) is 15.1. The molecular weight excluding hydrogens is 358 g/mol. The molecular formula is C21H19N3O4. The fraction of sp³-hybridized carbons (Fsp3) is 0.190. The first kappa shape index (κ1) is 17.8. The Morgan fingerprint density at radius 2 is 1.75 bits per heavy atom. The van der Waals surface area contributed by atoms with E-state index in [1.165, 1.54) is 4.90 Å². The average molecular weight is 377 g/mol. The molecule has 0 saturated carbocycles. The molecule has 1 aromatic heterocycles. The minimum atomic E-state index is -1.07. The summed E-state index contributed by atoms with van der Waals surface area (Å²) in [6.07, 6.45) is 1.19. The number of carbonyl (C=O) groups is 2. The van der Waals surface area contributed by atoms with Gasteiger partial charge in [0.2, 0.25) is 0 Å². The summed E-state index contributed by atoms with van der Waals surface area (Å²) in [6.45, 7) is 0.698. The maximum absolute atomic E-state index is 12.6. The van der Waals surface area contributed by atoms with Crippen molar-refractivity contribution in [2.45, 2.75) is 25.6 Å². The largest absolute Gasteiger partial charge is 0.480 e. The van der Waals surface area contributed by atoms with Gasteiger partial charge >= 0.3 is 12.1 Å². The molecule has 1 aliphatic heterocycles. The summed E-state index contributed by atoms with van der Waals surface area (Å²) in [5, 5.41) is 9.69. The van der Waals surface area contributed by atoms with Crippen LogP contribution in [-0.2, 0) is 24.3 Å². The van der Waals surface area contributed by atoms with Crippen LogP contribution in [0.1, 0.15) is 17.0 Å². The topological polar surface area (TPSA) is 84.7 Å². The molecule has 0 bridgehead atoms. The third kappa shape index (κ3) is 3.59. The summed E-state index contributed by atoms with van der Waals surface area (Å²) in [4.78, 5) is 30.1. The first-order valence-corrected chi connectivity index (χ1v) is 8.95. The number of benzene rings is 2. The van der Waals surface area contributed by atoms with E-state index >= 15 is 0 Å². The first-order valence-electron chi connectivity index (χ1n) is 8.95. The summed E-state index contributed by atoms with van der Waals surface area (Å²) in [5.74, 6) is -0.694. The molecule has 1 unspecified atom stereocenters. The quantitative estimate of drug-likeness (QED) is 0.756. The van der Waals surface area contributed by atoms with E-state index < -0.39 is 18.1 Å². The smallest absolute Gasteiger partial charge is 0.416 e. The standard InChI is InChI=1S/C21H19N3O4/c25-20(26)19-11-18-17(22-14-23(18)12-15-7-3-1-4-8-15)13-24(19)21(27)28-16-9-5-2-6-10-16/h1-10,14,19H,11-13H2,(H,25,26). The lowest BCUT2D eigenvalue weighted by Crippen LogP contribution is -2.50. The Morgan fingerprint density at radius 1 is 1.07 bits per heavy atom. The van der Waals surface area contributed by atoms with Crippen molar-refractivity contribution in [3.63, 3.8) is 0 Å². The van der Waals surface area contributed by atoms with Gasteiger partial charge in [0.25, 0.3) is 0 Å². The lowest BCUT2D eigenvalue weighted by molar-refractivity contribution is -0.143. The SMILES string of the molecule is O=C(O)C1Cc2c(ncn2Cc2ccccc2)CN1C(=O)Oc1ccccc1. The number of carbonyl (C=O) groups excluding carboxylic acids is 1. The molecule has 0 aliphatic carbocycles. The average Bonchev–Trinajstić information content (AvgIpc) is 3.10. The Bertz CT molecular complexity index is 985. The van der Waals surface area contributed by atoms with Crippen LogP contribution in [0.15, 0.2) is 67.0 Å². The number of carboxylic acid groups (broad SMARTS) is 1. The van der Waals surface area contributed by atoms with Gasteiger partial charge in [0.1, 0.15) is 11.8 Å². The van der Waals surface area contributed by atoms with E-state index in [2.05, 4.69) is 4.98 Å². The number of rotatable bonds is 4. The molecule has 7 heteroatoms. The van der Waals surface area contributed by atoms with E-state index in [0.29, 0.717) is 18.0 Å². The van der Waals surface area contributed by atoms with Crippen molar-refractivity contribution in [2.75, 3.05) is 0 Å². The molecule has 1 N–H and O–H groups in total. The van der Waals surface area contributed by atoms with Gasteiger partial charge in [0.05, 0.1) is 18.6 Å². The third-order valence-corrected chi connectivity index (χ3v) is 4.78. The molecule has 2 heterocycles. The molecule has 0 fully saturated rings.